The lowest BCUT2D eigenvalue weighted by atomic mass is 9.90. The fourth-order valence-corrected chi connectivity index (χ4v) is 2.32. The number of hydrogen-bond acceptors (Lipinski definition) is 1. The molecule has 0 heterocycles. The van der Waals surface area contributed by atoms with Crippen molar-refractivity contribution in [3.05, 3.63) is 0 Å². The van der Waals surface area contributed by atoms with Crippen molar-refractivity contribution in [1.82, 2.24) is 0 Å². The van der Waals surface area contributed by atoms with Gasteiger partial charge in [0.05, 0.1) is 0 Å². The standard InChI is InChI=1S/C9H20S/c1-6-8(10-7-2)9(3,4)5/h8H,6-7H2,1-5H3. The Morgan fingerprint density at radius 2 is 1.70 bits per heavy atom. The van der Waals surface area contributed by atoms with Crippen LogP contribution in [0, 0.1) is 5.41 Å². The van der Waals surface area contributed by atoms with Crippen molar-refractivity contribution in [2.45, 2.75) is 46.3 Å². The van der Waals surface area contributed by atoms with E-state index in [0.29, 0.717) is 5.41 Å². The first kappa shape index (κ1) is 10.3. The zero-order valence-corrected chi connectivity index (χ0v) is 8.72. The van der Waals surface area contributed by atoms with Crippen molar-refractivity contribution in [2.24, 2.45) is 5.41 Å². The van der Waals surface area contributed by atoms with E-state index in [4.69, 9.17) is 0 Å². The second-order valence-corrected chi connectivity index (χ2v) is 5.20. The van der Waals surface area contributed by atoms with Gasteiger partial charge in [0.1, 0.15) is 0 Å². The summed E-state index contributed by atoms with van der Waals surface area (Å²) in [5, 5.41) is 0.831. The molecular formula is C9H20S. The van der Waals surface area contributed by atoms with Gasteiger partial charge in [0.25, 0.3) is 0 Å². The molecule has 0 saturated carbocycles. The molecule has 1 heteroatoms. The molecule has 62 valence electrons. The average Bonchev–Trinajstić information content (AvgIpc) is 1.80. The number of hydrogen-bond donors (Lipinski definition) is 0. The topological polar surface area (TPSA) is 0 Å². The highest BCUT2D eigenvalue weighted by Crippen LogP contribution is 2.32. The molecule has 0 bridgehead atoms. The molecule has 0 aliphatic rings. The molecule has 0 rings (SSSR count). The van der Waals surface area contributed by atoms with E-state index in [1.54, 1.807) is 0 Å². The van der Waals surface area contributed by atoms with Crippen molar-refractivity contribution in [1.29, 1.82) is 0 Å². The van der Waals surface area contributed by atoms with Gasteiger partial charge in [0.15, 0.2) is 0 Å². The van der Waals surface area contributed by atoms with Crippen LogP contribution in [0.15, 0.2) is 0 Å². The minimum absolute atomic E-state index is 0.482. The molecule has 0 amide bonds. The van der Waals surface area contributed by atoms with E-state index in [-0.39, 0.29) is 0 Å². The highest BCUT2D eigenvalue weighted by Gasteiger charge is 2.21. The molecule has 0 aliphatic heterocycles. The smallest absolute Gasteiger partial charge is 0.00928 e. The summed E-state index contributed by atoms with van der Waals surface area (Å²) in [6, 6.07) is 0. The van der Waals surface area contributed by atoms with Crippen LogP contribution in [0.3, 0.4) is 0 Å². The van der Waals surface area contributed by atoms with Gasteiger partial charge in [-0.1, -0.05) is 34.6 Å². The highest BCUT2D eigenvalue weighted by molar-refractivity contribution is 7.99. The lowest BCUT2D eigenvalue weighted by molar-refractivity contribution is 0.387. The van der Waals surface area contributed by atoms with E-state index in [2.05, 4.69) is 46.4 Å². The largest absolute Gasteiger partial charge is 0.158 e. The second kappa shape index (κ2) is 4.27. The van der Waals surface area contributed by atoms with Crippen LogP contribution in [0.2, 0.25) is 0 Å². The summed E-state index contributed by atoms with van der Waals surface area (Å²) in [6.45, 7) is 11.5. The van der Waals surface area contributed by atoms with Crippen LogP contribution >= 0.6 is 11.8 Å². The minimum Gasteiger partial charge on any atom is -0.158 e. The first-order valence-corrected chi connectivity index (χ1v) is 5.18. The van der Waals surface area contributed by atoms with E-state index < -0.39 is 0 Å². The van der Waals surface area contributed by atoms with E-state index in [1.807, 2.05) is 0 Å². The monoisotopic (exact) mass is 160 g/mol. The van der Waals surface area contributed by atoms with Crippen LogP contribution < -0.4 is 0 Å². The fourth-order valence-electron chi connectivity index (χ4n) is 1.18. The van der Waals surface area contributed by atoms with Crippen LogP contribution in [-0.2, 0) is 0 Å². The minimum atomic E-state index is 0.482. The maximum atomic E-state index is 2.32. The van der Waals surface area contributed by atoms with Gasteiger partial charge in [0, 0.05) is 5.25 Å². The third-order valence-corrected chi connectivity index (χ3v) is 3.48. The predicted molar refractivity (Wildman–Crippen MR) is 51.7 cm³/mol. The normalized spacial score (nSPS) is 15.3. The molecular weight excluding hydrogens is 140 g/mol. The van der Waals surface area contributed by atoms with Crippen LogP contribution in [0.1, 0.15) is 41.0 Å². The highest BCUT2D eigenvalue weighted by atomic mass is 32.2. The van der Waals surface area contributed by atoms with Gasteiger partial charge < -0.3 is 0 Å². The van der Waals surface area contributed by atoms with Crippen molar-refractivity contribution < 1.29 is 0 Å². The molecule has 0 radical (unpaired) electrons. The maximum Gasteiger partial charge on any atom is 0.00928 e. The molecule has 0 spiro atoms. The second-order valence-electron chi connectivity index (χ2n) is 3.72. The Balaban J connectivity index is 3.81. The summed E-state index contributed by atoms with van der Waals surface area (Å²) < 4.78 is 0. The molecule has 0 aromatic carbocycles. The zero-order chi connectivity index (χ0) is 8.20. The van der Waals surface area contributed by atoms with Crippen molar-refractivity contribution >= 4 is 11.8 Å². The molecule has 0 aromatic heterocycles. The first-order chi connectivity index (χ1) is 4.52. The maximum absolute atomic E-state index is 2.32. The average molecular weight is 160 g/mol. The molecule has 0 aliphatic carbocycles. The van der Waals surface area contributed by atoms with Crippen LogP contribution in [-0.4, -0.2) is 11.0 Å². The molecule has 0 saturated heterocycles. The van der Waals surface area contributed by atoms with Crippen LogP contribution in [0.5, 0.6) is 0 Å². The zero-order valence-electron chi connectivity index (χ0n) is 7.90. The van der Waals surface area contributed by atoms with Crippen molar-refractivity contribution in [3.8, 4) is 0 Å². The molecule has 10 heavy (non-hydrogen) atoms. The molecule has 0 nitrogen and oxygen atoms in total. The van der Waals surface area contributed by atoms with Gasteiger partial charge in [-0.3, -0.25) is 0 Å². The van der Waals surface area contributed by atoms with Gasteiger partial charge in [-0.05, 0) is 17.6 Å². The van der Waals surface area contributed by atoms with E-state index in [1.165, 1.54) is 12.2 Å². The Labute approximate surface area is 69.8 Å². The third-order valence-electron chi connectivity index (χ3n) is 1.70. The Kier molecular flexibility index (Phi) is 4.42. The lowest BCUT2D eigenvalue weighted by Gasteiger charge is -2.28. The Morgan fingerprint density at radius 3 is 1.80 bits per heavy atom. The van der Waals surface area contributed by atoms with Crippen molar-refractivity contribution in [2.75, 3.05) is 5.75 Å². The summed E-state index contributed by atoms with van der Waals surface area (Å²) in [6.07, 6.45) is 1.29. The SMILES string of the molecule is CCSC(CC)C(C)(C)C. The molecule has 1 unspecified atom stereocenters. The molecule has 0 aromatic rings. The quantitative estimate of drug-likeness (QED) is 0.608. The van der Waals surface area contributed by atoms with E-state index >= 15 is 0 Å². The van der Waals surface area contributed by atoms with Gasteiger partial charge >= 0.3 is 0 Å². The molecule has 0 fully saturated rings. The van der Waals surface area contributed by atoms with Gasteiger partial charge in [-0.2, -0.15) is 11.8 Å². The summed E-state index contributed by atoms with van der Waals surface area (Å²) in [5.41, 5.74) is 0.482. The van der Waals surface area contributed by atoms with Crippen molar-refractivity contribution in [3.63, 3.8) is 0 Å². The summed E-state index contributed by atoms with van der Waals surface area (Å²) in [7, 11) is 0. The van der Waals surface area contributed by atoms with Crippen LogP contribution in [0.25, 0.3) is 0 Å². The summed E-state index contributed by atoms with van der Waals surface area (Å²) in [5.74, 6) is 1.25. The molecule has 1 atom stereocenters. The van der Waals surface area contributed by atoms with Gasteiger partial charge in [-0.25, -0.2) is 0 Å². The Morgan fingerprint density at radius 1 is 1.20 bits per heavy atom. The third kappa shape index (κ3) is 3.50. The lowest BCUT2D eigenvalue weighted by Crippen LogP contribution is -2.22. The van der Waals surface area contributed by atoms with Gasteiger partial charge in [-0.15, -0.1) is 0 Å². The summed E-state index contributed by atoms with van der Waals surface area (Å²) in [4.78, 5) is 0. The summed E-state index contributed by atoms with van der Waals surface area (Å²) >= 11 is 2.08. The first-order valence-electron chi connectivity index (χ1n) is 4.14. The molecule has 0 N–H and O–H groups in total. The van der Waals surface area contributed by atoms with Crippen LogP contribution in [0.4, 0.5) is 0 Å². The number of thioether (sulfide) groups is 1. The predicted octanol–water partition coefficient (Wildman–Crippen LogP) is 3.56. The Hall–Kier alpha value is 0.350. The van der Waals surface area contributed by atoms with Gasteiger partial charge in [0.2, 0.25) is 0 Å². The number of rotatable bonds is 3. The van der Waals surface area contributed by atoms with E-state index in [0.717, 1.165) is 5.25 Å². The fraction of sp³-hybridized carbons (Fsp3) is 1.00. The van der Waals surface area contributed by atoms with E-state index in [9.17, 15) is 0 Å². The Bertz CT molecular complexity index is 81.2.